The van der Waals surface area contributed by atoms with E-state index in [2.05, 4.69) is 21.7 Å². The van der Waals surface area contributed by atoms with Crippen LogP contribution in [0.1, 0.15) is 30.6 Å². The van der Waals surface area contributed by atoms with Gasteiger partial charge in [-0.2, -0.15) is 0 Å². The molecule has 2 atom stereocenters. The topological polar surface area (TPSA) is 54.0 Å². The molecule has 0 radical (unpaired) electrons. The average Bonchev–Trinajstić information content (AvgIpc) is 2.67. The molecule has 21 heavy (non-hydrogen) atoms. The highest BCUT2D eigenvalue weighted by molar-refractivity contribution is 5.96. The van der Waals surface area contributed by atoms with E-state index < -0.39 is 0 Å². The van der Waals surface area contributed by atoms with Crippen molar-refractivity contribution in [1.82, 2.24) is 10.3 Å². The van der Waals surface area contributed by atoms with Gasteiger partial charge in [0, 0.05) is 17.9 Å². The number of nitrogens with one attached hydrogen (secondary N) is 2. The molecule has 3 rings (SSSR count). The zero-order chi connectivity index (χ0) is 14.7. The lowest BCUT2D eigenvalue weighted by atomic mass is 10.0. The van der Waals surface area contributed by atoms with Crippen molar-refractivity contribution < 1.29 is 4.79 Å². The van der Waals surface area contributed by atoms with Gasteiger partial charge in [0.05, 0.1) is 11.7 Å². The van der Waals surface area contributed by atoms with Gasteiger partial charge < -0.3 is 5.32 Å². The number of aromatic nitrogens is 1. The summed E-state index contributed by atoms with van der Waals surface area (Å²) in [7, 11) is 0. The lowest BCUT2D eigenvalue weighted by Gasteiger charge is -2.20. The minimum absolute atomic E-state index is 0.0303. The number of carbonyl (C=O) groups is 1. The Morgan fingerprint density at radius 1 is 1.24 bits per heavy atom. The van der Waals surface area contributed by atoms with E-state index in [1.807, 2.05) is 43.3 Å². The highest BCUT2D eigenvalue weighted by atomic mass is 16.2. The number of aryl methyl sites for hydroxylation is 1. The summed E-state index contributed by atoms with van der Waals surface area (Å²) in [6.07, 6.45) is 3.46. The SMILES string of the molecule is CC(NC1CCc2ccccc2NC1=O)c1ccccn1. The van der Waals surface area contributed by atoms with Gasteiger partial charge in [0.15, 0.2) is 0 Å². The number of para-hydroxylation sites is 1. The van der Waals surface area contributed by atoms with Crippen LogP contribution in [0.3, 0.4) is 0 Å². The molecular weight excluding hydrogens is 262 g/mol. The highest BCUT2D eigenvalue weighted by Crippen LogP contribution is 2.22. The van der Waals surface area contributed by atoms with Crippen molar-refractivity contribution in [1.29, 1.82) is 0 Å². The summed E-state index contributed by atoms with van der Waals surface area (Å²) in [6, 6.07) is 13.7. The molecule has 0 spiro atoms. The number of rotatable bonds is 3. The maximum atomic E-state index is 12.3. The second-order valence-corrected chi connectivity index (χ2v) is 5.38. The number of hydrogen-bond acceptors (Lipinski definition) is 3. The van der Waals surface area contributed by atoms with Gasteiger partial charge in [0.25, 0.3) is 0 Å². The summed E-state index contributed by atoms with van der Waals surface area (Å²) in [5.41, 5.74) is 3.07. The number of pyridine rings is 1. The first kappa shape index (κ1) is 13.8. The van der Waals surface area contributed by atoms with Crippen molar-refractivity contribution in [3.05, 3.63) is 59.9 Å². The van der Waals surface area contributed by atoms with Crippen molar-refractivity contribution in [3.8, 4) is 0 Å². The van der Waals surface area contributed by atoms with E-state index in [1.165, 1.54) is 5.56 Å². The molecule has 0 saturated heterocycles. The van der Waals surface area contributed by atoms with E-state index in [9.17, 15) is 4.79 Å². The van der Waals surface area contributed by atoms with E-state index in [-0.39, 0.29) is 18.0 Å². The lowest BCUT2D eigenvalue weighted by molar-refractivity contribution is -0.118. The molecule has 108 valence electrons. The fraction of sp³-hybridized carbons (Fsp3) is 0.294. The van der Waals surface area contributed by atoms with Crippen LogP contribution in [0.25, 0.3) is 0 Å². The molecule has 1 aromatic carbocycles. The molecular formula is C17H19N3O. The summed E-state index contributed by atoms with van der Waals surface area (Å²) >= 11 is 0. The van der Waals surface area contributed by atoms with E-state index in [4.69, 9.17) is 0 Å². The molecule has 1 aromatic heterocycles. The third-order valence-corrected chi connectivity index (χ3v) is 3.88. The van der Waals surface area contributed by atoms with E-state index in [0.29, 0.717) is 0 Å². The molecule has 0 saturated carbocycles. The van der Waals surface area contributed by atoms with Crippen LogP contribution < -0.4 is 10.6 Å². The first-order chi connectivity index (χ1) is 10.2. The predicted molar refractivity (Wildman–Crippen MR) is 83.0 cm³/mol. The fourth-order valence-corrected chi connectivity index (χ4v) is 2.69. The van der Waals surface area contributed by atoms with Crippen molar-refractivity contribution in [2.45, 2.75) is 31.8 Å². The summed E-state index contributed by atoms with van der Waals surface area (Å²) < 4.78 is 0. The standard InChI is InChI=1S/C17H19N3O/c1-12(14-7-4-5-11-18-14)19-16-10-9-13-6-2-3-8-15(13)20-17(16)21/h2-8,11-12,16,19H,9-10H2,1H3,(H,20,21). The number of carbonyl (C=O) groups excluding carboxylic acids is 1. The first-order valence-electron chi connectivity index (χ1n) is 7.30. The van der Waals surface area contributed by atoms with Crippen LogP contribution in [-0.4, -0.2) is 16.9 Å². The van der Waals surface area contributed by atoms with Gasteiger partial charge in [-0.25, -0.2) is 0 Å². The van der Waals surface area contributed by atoms with Crippen molar-refractivity contribution in [2.24, 2.45) is 0 Å². The highest BCUT2D eigenvalue weighted by Gasteiger charge is 2.25. The molecule has 0 bridgehead atoms. The Labute approximate surface area is 124 Å². The largest absolute Gasteiger partial charge is 0.324 e. The molecule has 2 heterocycles. The van der Waals surface area contributed by atoms with Gasteiger partial charge in [-0.15, -0.1) is 0 Å². The minimum Gasteiger partial charge on any atom is -0.324 e. The summed E-state index contributed by atoms with van der Waals surface area (Å²) in [4.78, 5) is 16.7. The van der Waals surface area contributed by atoms with Gasteiger partial charge in [-0.05, 0) is 43.5 Å². The van der Waals surface area contributed by atoms with E-state index in [0.717, 1.165) is 24.2 Å². The van der Waals surface area contributed by atoms with Crippen LogP contribution in [-0.2, 0) is 11.2 Å². The summed E-state index contributed by atoms with van der Waals surface area (Å²) in [6.45, 7) is 2.04. The minimum atomic E-state index is -0.200. The Morgan fingerprint density at radius 2 is 2.05 bits per heavy atom. The molecule has 4 heteroatoms. The van der Waals surface area contributed by atoms with Crippen molar-refractivity contribution in [2.75, 3.05) is 5.32 Å². The Kier molecular flexibility index (Phi) is 3.97. The monoisotopic (exact) mass is 281 g/mol. The second-order valence-electron chi connectivity index (χ2n) is 5.38. The van der Waals surface area contributed by atoms with E-state index >= 15 is 0 Å². The lowest BCUT2D eigenvalue weighted by Crippen LogP contribution is -2.41. The first-order valence-corrected chi connectivity index (χ1v) is 7.30. The Hall–Kier alpha value is -2.20. The number of benzene rings is 1. The van der Waals surface area contributed by atoms with Crippen LogP contribution in [0.5, 0.6) is 0 Å². The molecule has 2 unspecified atom stereocenters. The summed E-state index contributed by atoms with van der Waals surface area (Å²) in [5, 5.41) is 6.39. The average molecular weight is 281 g/mol. The number of fused-ring (bicyclic) bond motifs is 1. The van der Waals surface area contributed by atoms with Gasteiger partial charge in [-0.3, -0.25) is 15.1 Å². The summed E-state index contributed by atoms with van der Waals surface area (Å²) in [5.74, 6) is 0.0303. The Bertz CT molecular complexity index is 627. The third-order valence-electron chi connectivity index (χ3n) is 3.88. The van der Waals surface area contributed by atoms with Crippen LogP contribution in [0.2, 0.25) is 0 Å². The Morgan fingerprint density at radius 3 is 2.86 bits per heavy atom. The maximum absolute atomic E-state index is 12.3. The molecule has 1 amide bonds. The zero-order valence-corrected chi connectivity index (χ0v) is 12.0. The molecule has 4 nitrogen and oxygen atoms in total. The molecule has 0 fully saturated rings. The van der Waals surface area contributed by atoms with Crippen LogP contribution in [0, 0.1) is 0 Å². The fourth-order valence-electron chi connectivity index (χ4n) is 2.69. The Balaban J connectivity index is 1.71. The van der Waals surface area contributed by atoms with Crippen LogP contribution in [0.15, 0.2) is 48.7 Å². The van der Waals surface area contributed by atoms with Gasteiger partial charge >= 0.3 is 0 Å². The normalized spacial score (nSPS) is 19.3. The van der Waals surface area contributed by atoms with Crippen molar-refractivity contribution >= 4 is 11.6 Å². The third kappa shape index (κ3) is 3.11. The number of amides is 1. The number of anilines is 1. The van der Waals surface area contributed by atoms with Gasteiger partial charge in [0.2, 0.25) is 5.91 Å². The smallest absolute Gasteiger partial charge is 0.241 e. The van der Waals surface area contributed by atoms with Crippen LogP contribution in [0.4, 0.5) is 5.69 Å². The maximum Gasteiger partial charge on any atom is 0.241 e. The van der Waals surface area contributed by atoms with Gasteiger partial charge in [-0.1, -0.05) is 24.3 Å². The molecule has 2 aromatic rings. The zero-order valence-electron chi connectivity index (χ0n) is 12.0. The quantitative estimate of drug-likeness (QED) is 0.909. The molecule has 1 aliphatic rings. The second kappa shape index (κ2) is 6.06. The number of nitrogens with zero attached hydrogens (tertiary/aromatic N) is 1. The molecule has 1 aliphatic heterocycles. The van der Waals surface area contributed by atoms with Crippen molar-refractivity contribution in [3.63, 3.8) is 0 Å². The molecule has 2 N–H and O–H groups in total. The van der Waals surface area contributed by atoms with Gasteiger partial charge in [0.1, 0.15) is 0 Å². The number of hydrogen-bond donors (Lipinski definition) is 2. The predicted octanol–water partition coefficient (Wildman–Crippen LogP) is 2.69. The van der Waals surface area contributed by atoms with E-state index in [1.54, 1.807) is 6.20 Å². The van der Waals surface area contributed by atoms with Crippen LogP contribution >= 0.6 is 0 Å². The molecule has 0 aliphatic carbocycles.